The molecule has 0 spiro atoms. The first-order chi connectivity index (χ1) is 6.93. The summed E-state index contributed by atoms with van der Waals surface area (Å²) in [6.45, 7) is 3.89. The van der Waals surface area contributed by atoms with Gasteiger partial charge in [-0.3, -0.25) is 0 Å². The van der Waals surface area contributed by atoms with Gasteiger partial charge in [0.05, 0.1) is 0 Å². The molecule has 18 heavy (non-hydrogen) atoms. The van der Waals surface area contributed by atoms with Crippen LogP contribution in [0.1, 0.15) is 27.7 Å². The zero-order chi connectivity index (χ0) is 14.3. The van der Waals surface area contributed by atoms with Crippen LogP contribution in [0.25, 0.3) is 0 Å². The molecule has 0 unspecified atom stereocenters. The van der Waals surface area contributed by atoms with Crippen LogP contribution >= 0.6 is 0 Å². The smallest absolute Gasteiger partial charge is 0.550 e. The second-order valence-electron chi connectivity index (χ2n) is 1.97. The molecular weight excluding hydrogens is 361 g/mol. The summed E-state index contributed by atoms with van der Waals surface area (Å²) in [5.74, 6) is -4.33. The van der Waals surface area contributed by atoms with Crippen molar-refractivity contribution in [3.8, 4) is 0 Å². The first-order valence-electron chi connectivity index (χ1n) is 3.63. The summed E-state index contributed by atoms with van der Waals surface area (Å²) in [7, 11) is 0. The van der Waals surface area contributed by atoms with Gasteiger partial charge in [-0.15, -0.1) is 0 Å². The average Bonchev–Trinajstić information content (AvgIpc) is 1.76. The van der Waals surface area contributed by atoms with E-state index in [-0.39, 0.29) is 31.9 Å². The fourth-order valence-electron chi connectivity index (χ4n) is 0. The summed E-state index contributed by atoms with van der Waals surface area (Å²) < 4.78 is 0. The number of hydrogen-bond acceptors (Lipinski definition) is 8. The second-order valence-corrected chi connectivity index (χ2v) is 1.97. The maximum absolute atomic E-state index is 8.89. The number of aliphatic carboxylic acids is 4. The van der Waals surface area contributed by atoms with Gasteiger partial charge in [0.15, 0.2) is 0 Å². The van der Waals surface area contributed by atoms with E-state index in [0.29, 0.717) is 0 Å². The molecule has 0 aliphatic carbocycles. The maximum atomic E-state index is 8.89. The molecule has 0 aromatic heterocycles. The topological polar surface area (TPSA) is 161 Å². The number of carboxylic acid groups (broad SMARTS) is 4. The van der Waals surface area contributed by atoms with Gasteiger partial charge in [-0.05, 0) is 27.7 Å². The maximum Gasteiger partial charge on any atom is 3.00 e. The van der Waals surface area contributed by atoms with Crippen molar-refractivity contribution in [3.05, 3.63) is 0 Å². The molecule has 0 bridgehead atoms. The van der Waals surface area contributed by atoms with E-state index in [4.69, 9.17) is 39.6 Å². The van der Waals surface area contributed by atoms with E-state index in [1.165, 1.54) is 0 Å². The molecule has 0 N–H and O–H groups in total. The van der Waals surface area contributed by atoms with Gasteiger partial charge in [0, 0.05) is 23.9 Å². The Morgan fingerprint density at radius 1 is 0.556 bits per heavy atom. The molecular formula is C8H12ClO8Ru. The summed E-state index contributed by atoms with van der Waals surface area (Å²) in [5.41, 5.74) is 0. The standard InChI is InChI=1S/4C2H4O2.Cl.Ru/c4*1-2(3)4;;/h4*1H3,(H,3,4);;/q;;;;+1;+3/p-4. The first kappa shape index (κ1) is 36.0. The molecule has 107 valence electrons. The van der Waals surface area contributed by atoms with Gasteiger partial charge < -0.3 is 39.6 Å². The molecule has 8 nitrogen and oxygen atoms in total. The van der Waals surface area contributed by atoms with E-state index in [0.717, 1.165) is 27.7 Å². The Balaban J connectivity index is -0.0000000257. The predicted octanol–water partition coefficient (Wildman–Crippen LogP) is -4.98. The fourth-order valence-corrected chi connectivity index (χ4v) is 0. The molecule has 0 aliphatic rings. The second kappa shape index (κ2) is 29.7. The molecule has 0 atom stereocenters. The minimum absolute atomic E-state index is 0. The largest absolute Gasteiger partial charge is 3.00 e. The first-order valence-corrected chi connectivity index (χ1v) is 3.63. The minimum atomic E-state index is -1.08. The molecule has 0 saturated carbocycles. The van der Waals surface area contributed by atoms with E-state index in [2.05, 4.69) is 0 Å². The Kier molecular flexibility index (Phi) is 59.3. The molecule has 0 heterocycles. The van der Waals surface area contributed by atoms with Gasteiger partial charge in [0.2, 0.25) is 0 Å². The van der Waals surface area contributed by atoms with Gasteiger partial charge in [-0.25, -0.2) is 0 Å². The van der Waals surface area contributed by atoms with Crippen LogP contribution in [0.15, 0.2) is 0 Å². The minimum Gasteiger partial charge on any atom is -0.550 e. The molecule has 0 amide bonds. The van der Waals surface area contributed by atoms with Gasteiger partial charge >= 0.3 is 31.9 Å². The monoisotopic (exact) mass is 373 g/mol. The van der Waals surface area contributed by atoms with Crippen LogP contribution in [0.3, 0.4) is 0 Å². The zero-order valence-corrected chi connectivity index (χ0v) is 12.5. The van der Waals surface area contributed by atoms with Crippen LogP contribution in [0.4, 0.5) is 0 Å². The summed E-state index contributed by atoms with van der Waals surface area (Å²) in [5, 5.41) is 35.6. The number of carbonyl (C=O) groups excluding carboxylic acids is 4. The van der Waals surface area contributed by atoms with Gasteiger partial charge in [-0.2, -0.15) is 0 Å². The van der Waals surface area contributed by atoms with Crippen LogP contribution in [0, 0.1) is 12.4 Å². The molecule has 3 radical (unpaired) electrons. The number of halogens is 1. The fraction of sp³-hybridized carbons (Fsp3) is 0.500. The third-order valence-electron chi connectivity index (χ3n) is 0. The predicted molar refractivity (Wildman–Crippen MR) is 42.7 cm³/mol. The van der Waals surface area contributed by atoms with Crippen LogP contribution in [0.5, 0.6) is 0 Å². The quantitative estimate of drug-likeness (QED) is 0.382. The molecule has 0 fully saturated rings. The number of rotatable bonds is 0. The Bertz CT molecular complexity index is 167. The zero-order valence-electron chi connectivity index (χ0n) is 10.00. The Labute approximate surface area is 123 Å². The van der Waals surface area contributed by atoms with Crippen molar-refractivity contribution in [1.29, 1.82) is 0 Å². The normalized spacial score (nSPS) is 5.56. The molecule has 0 aliphatic heterocycles. The number of carboxylic acids is 4. The van der Waals surface area contributed by atoms with Crippen molar-refractivity contribution in [2.24, 2.45) is 0 Å². The van der Waals surface area contributed by atoms with E-state index in [1.54, 1.807) is 0 Å². The number of carbonyl (C=O) groups is 4. The van der Waals surface area contributed by atoms with Crippen molar-refractivity contribution in [2.45, 2.75) is 27.7 Å². The van der Waals surface area contributed by atoms with Gasteiger partial charge in [-0.1, -0.05) is 0 Å². The van der Waals surface area contributed by atoms with E-state index >= 15 is 0 Å². The third-order valence-corrected chi connectivity index (χ3v) is 0. The van der Waals surface area contributed by atoms with Crippen molar-refractivity contribution < 1.29 is 71.5 Å². The van der Waals surface area contributed by atoms with Crippen LogP contribution in [-0.2, 0) is 38.7 Å². The van der Waals surface area contributed by atoms with Crippen molar-refractivity contribution in [3.63, 3.8) is 0 Å². The Morgan fingerprint density at radius 3 is 0.556 bits per heavy atom. The summed E-state index contributed by atoms with van der Waals surface area (Å²) in [6.07, 6.45) is 0. The Morgan fingerprint density at radius 2 is 0.556 bits per heavy atom. The van der Waals surface area contributed by atoms with Crippen molar-refractivity contribution in [2.75, 3.05) is 0 Å². The number of hydrogen-bond donors (Lipinski definition) is 0. The van der Waals surface area contributed by atoms with E-state index < -0.39 is 23.9 Å². The molecule has 10 heteroatoms. The molecule has 0 rings (SSSR count). The Hall–Kier alpha value is -1.21. The van der Waals surface area contributed by atoms with Crippen LogP contribution in [0.2, 0.25) is 0 Å². The average molecular weight is 373 g/mol. The third kappa shape index (κ3) is 1930. The van der Waals surface area contributed by atoms with Gasteiger partial charge in [0.1, 0.15) is 0 Å². The van der Waals surface area contributed by atoms with E-state index in [1.807, 2.05) is 0 Å². The molecule has 0 aromatic rings. The van der Waals surface area contributed by atoms with Crippen LogP contribution < -0.4 is 20.4 Å². The summed E-state index contributed by atoms with van der Waals surface area (Å²) in [4.78, 5) is 35.6. The van der Waals surface area contributed by atoms with Crippen molar-refractivity contribution in [1.82, 2.24) is 0 Å². The van der Waals surface area contributed by atoms with Crippen molar-refractivity contribution >= 4 is 23.9 Å². The summed E-state index contributed by atoms with van der Waals surface area (Å²) in [6, 6.07) is 0. The SMILES string of the molecule is CC(=O)[O-].CC(=O)[O-].CC(=O)[O-].CC(=O)[O-].[Cl+].[Ru+3]. The van der Waals surface area contributed by atoms with E-state index in [9.17, 15) is 0 Å². The summed E-state index contributed by atoms with van der Waals surface area (Å²) >= 11 is 0. The van der Waals surface area contributed by atoms with Crippen LogP contribution in [-0.4, -0.2) is 23.9 Å². The van der Waals surface area contributed by atoms with Gasteiger partial charge in [0.25, 0.3) is 0 Å². The molecule has 0 saturated heterocycles. The molecule has 0 aromatic carbocycles.